The first-order valence-electron chi connectivity index (χ1n) is 6.12. The molecule has 1 aromatic rings. The van der Waals surface area contributed by atoms with Crippen LogP contribution in [0.25, 0.3) is 0 Å². The van der Waals surface area contributed by atoms with Crippen LogP contribution in [0.3, 0.4) is 0 Å². The average Bonchev–Trinajstić information content (AvgIpc) is 2.37. The summed E-state index contributed by atoms with van der Waals surface area (Å²) in [6.07, 6.45) is 0. The van der Waals surface area contributed by atoms with Gasteiger partial charge in [-0.3, -0.25) is 19.8 Å². The highest BCUT2D eigenvalue weighted by Crippen LogP contribution is 2.16. The number of hydrogen-bond donors (Lipinski definition) is 3. The highest BCUT2D eigenvalue weighted by molar-refractivity contribution is 5.95. The van der Waals surface area contributed by atoms with E-state index in [1.165, 1.54) is 12.0 Å². The van der Waals surface area contributed by atoms with E-state index in [4.69, 9.17) is 10.5 Å². The number of methoxy groups -OCH3 is 1. The number of rotatable bonds is 6. The van der Waals surface area contributed by atoms with E-state index >= 15 is 0 Å². The number of nitrogens with zero attached hydrogens (tertiary/aromatic N) is 1. The molecule has 0 bridgehead atoms. The smallest absolute Gasteiger partial charge is 0.318 e. The number of carbonyl (C=O) groups is 3. The predicted octanol–water partition coefficient (Wildman–Crippen LogP) is -0.240. The molecule has 0 unspecified atom stereocenters. The van der Waals surface area contributed by atoms with Crippen molar-refractivity contribution in [2.75, 3.05) is 32.6 Å². The van der Waals surface area contributed by atoms with Crippen LogP contribution >= 0.6 is 0 Å². The monoisotopic (exact) mass is 294 g/mol. The van der Waals surface area contributed by atoms with Gasteiger partial charge in [0.2, 0.25) is 11.8 Å². The van der Waals surface area contributed by atoms with Gasteiger partial charge in [0.1, 0.15) is 5.75 Å². The Kier molecular flexibility index (Phi) is 6.15. The highest BCUT2D eigenvalue weighted by atomic mass is 16.5. The summed E-state index contributed by atoms with van der Waals surface area (Å²) >= 11 is 0. The fourth-order valence-corrected chi connectivity index (χ4v) is 1.62. The van der Waals surface area contributed by atoms with Gasteiger partial charge in [-0.25, -0.2) is 4.79 Å². The summed E-state index contributed by atoms with van der Waals surface area (Å²) in [6, 6.07) is 5.99. The van der Waals surface area contributed by atoms with Crippen molar-refractivity contribution < 1.29 is 19.1 Å². The number of hydrogen-bond acceptors (Lipinski definition) is 5. The number of anilines is 1. The summed E-state index contributed by atoms with van der Waals surface area (Å²) in [5, 5.41) is 4.60. The number of ether oxygens (including phenoxy) is 1. The summed E-state index contributed by atoms with van der Waals surface area (Å²) in [7, 11) is 3.11. The van der Waals surface area contributed by atoms with Crippen LogP contribution in [0.2, 0.25) is 0 Å². The molecule has 0 heterocycles. The van der Waals surface area contributed by atoms with Crippen molar-refractivity contribution in [3.63, 3.8) is 0 Å². The third kappa shape index (κ3) is 6.39. The molecule has 0 aliphatic heterocycles. The number of likely N-dealkylation sites (N-methyl/N-ethyl adjacent to an activating group) is 1. The largest absolute Gasteiger partial charge is 0.497 e. The van der Waals surface area contributed by atoms with Gasteiger partial charge in [-0.2, -0.15) is 0 Å². The zero-order valence-electron chi connectivity index (χ0n) is 11.9. The third-order valence-electron chi connectivity index (χ3n) is 2.44. The molecular formula is C13H18N4O4. The molecule has 0 aromatic heterocycles. The summed E-state index contributed by atoms with van der Waals surface area (Å²) in [5.74, 6) is -0.237. The van der Waals surface area contributed by atoms with Crippen molar-refractivity contribution in [2.24, 2.45) is 5.73 Å². The Morgan fingerprint density at radius 1 is 1.24 bits per heavy atom. The molecule has 8 heteroatoms. The molecule has 1 aromatic carbocycles. The van der Waals surface area contributed by atoms with Gasteiger partial charge in [0.15, 0.2) is 0 Å². The average molecular weight is 294 g/mol. The second-order valence-corrected chi connectivity index (χ2v) is 4.36. The zero-order chi connectivity index (χ0) is 15.8. The number of primary amides is 1. The lowest BCUT2D eigenvalue weighted by Crippen LogP contribution is -2.43. The molecule has 1 rings (SSSR count). The number of amides is 4. The number of imide groups is 1. The zero-order valence-corrected chi connectivity index (χ0v) is 11.9. The van der Waals surface area contributed by atoms with Crippen LogP contribution < -0.4 is 21.1 Å². The third-order valence-corrected chi connectivity index (χ3v) is 2.44. The Labute approximate surface area is 122 Å². The van der Waals surface area contributed by atoms with Gasteiger partial charge in [0, 0.05) is 11.8 Å². The maximum atomic E-state index is 11.8. The van der Waals surface area contributed by atoms with Crippen molar-refractivity contribution in [2.45, 2.75) is 0 Å². The lowest BCUT2D eigenvalue weighted by atomic mass is 10.3. The molecule has 0 fully saturated rings. The minimum atomic E-state index is -0.922. The molecule has 0 radical (unpaired) electrons. The van der Waals surface area contributed by atoms with Crippen LogP contribution in [0.15, 0.2) is 24.3 Å². The number of carbonyl (C=O) groups excluding carboxylic acids is 3. The van der Waals surface area contributed by atoms with Gasteiger partial charge in [0.05, 0.1) is 20.2 Å². The van der Waals surface area contributed by atoms with Crippen LogP contribution in [0.4, 0.5) is 10.5 Å². The minimum Gasteiger partial charge on any atom is -0.497 e. The standard InChI is InChI=1S/C13H18N4O4/c1-17(8-12(19)16-13(14)20)7-11(18)15-9-4-3-5-10(6-9)21-2/h3-6H,7-8H2,1-2H3,(H,15,18)(H3,14,16,19,20). The Hall–Kier alpha value is -2.61. The topological polar surface area (TPSA) is 114 Å². The van der Waals surface area contributed by atoms with Crippen molar-refractivity contribution in [1.82, 2.24) is 10.2 Å². The van der Waals surface area contributed by atoms with Gasteiger partial charge in [-0.15, -0.1) is 0 Å². The van der Waals surface area contributed by atoms with Crippen LogP contribution in [-0.4, -0.2) is 50.0 Å². The summed E-state index contributed by atoms with van der Waals surface area (Å²) in [4.78, 5) is 35.0. The Morgan fingerprint density at radius 3 is 2.52 bits per heavy atom. The van der Waals surface area contributed by atoms with Gasteiger partial charge in [-0.05, 0) is 19.2 Å². The summed E-state index contributed by atoms with van der Waals surface area (Å²) in [6.45, 7) is -0.127. The molecule has 0 aliphatic carbocycles. The molecule has 0 saturated carbocycles. The van der Waals surface area contributed by atoms with E-state index in [9.17, 15) is 14.4 Å². The second-order valence-electron chi connectivity index (χ2n) is 4.36. The van der Waals surface area contributed by atoms with E-state index in [1.54, 1.807) is 31.3 Å². The minimum absolute atomic E-state index is 0.0105. The molecule has 4 amide bonds. The van der Waals surface area contributed by atoms with Crippen LogP contribution in [0.5, 0.6) is 5.75 Å². The maximum Gasteiger partial charge on any atom is 0.318 e. The molecular weight excluding hydrogens is 276 g/mol. The molecule has 4 N–H and O–H groups in total. The van der Waals surface area contributed by atoms with Crippen molar-refractivity contribution in [3.8, 4) is 5.75 Å². The van der Waals surface area contributed by atoms with Crippen molar-refractivity contribution in [1.29, 1.82) is 0 Å². The lowest BCUT2D eigenvalue weighted by Gasteiger charge is -2.15. The fraction of sp³-hybridized carbons (Fsp3) is 0.308. The highest BCUT2D eigenvalue weighted by Gasteiger charge is 2.12. The molecule has 8 nitrogen and oxygen atoms in total. The summed E-state index contributed by atoms with van der Waals surface area (Å²) < 4.78 is 5.05. The predicted molar refractivity (Wildman–Crippen MR) is 76.8 cm³/mol. The van der Waals surface area contributed by atoms with Crippen molar-refractivity contribution in [3.05, 3.63) is 24.3 Å². The number of urea groups is 1. The lowest BCUT2D eigenvalue weighted by molar-refractivity contribution is -0.122. The van der Waals surface area contributed by atoms with E-state index in [-0.39, 0.29) is 19.0 Å². The van der Waals surface area contributed by atoms with E-state index in [1.807, 2.05) is 5.32 Å². The van der Waals surface area contributed by atoms with Gasteiger partial charge in [0.25, 0.3) is 0 Å². The Bertz CT molecular complexity index is 533. The second kappa shape index (κ2) is 7.85. The van der Waals surface area contributed by atoms with Crippen molar-refractivity contribution >= 4 is 23.5 Å². The first kappa shape index (κ1) is 16.4. The number of benzene rings is 1. The van der Waals surface area contributed by atoms with Gasteiger partial charge < -0.3 is 15.8 Å². The molecule has 114 valence electrons. The van der Waals surface area contributed by atoms with Crippen LogP contribution in [0, 0.1) is 0 Å². The van der Waals surface area contributed by atoms with Gasteiger partial charge in [-0.1, -0.05) is 6.07 Å². The fourth-order valence-electron chi connectivity index (χ4n) is 1.62. The van der Waals surface area contributed by atoms with Crippen LogP contribution in [0.1, 0.15) is 0 Å². The molecule has 21 heavy (non-hydrogen) atoms. The number of nitrogens with one attached hydrogen (secondary N) is 2. The van der Waals surface area contributed by atoms with E-state index in [2.05, 4.69) is 5.32 Å². The van der Waals surface area contributed by atoms with E-state index < -0.39 is 11.9 Å². The number of nitrogens with two attached hydrogens (primary N) is 1. The Balaban J connectivity index is 2.45. The maximum absolute atomic E-state index is 11.8. The quantitative estimate of drug-likeness (QED) is 0.670. The summed E-state index contributed by atoms with van der Waals surface area (Å²) in [5.41, 5.74) is 5.41. The first-order valence-corrected chi connectivity index (χ1v) is 6.12. The van der Waals surface area contributed by atoms with E-state index in [0.717, 1.165) is 0 Å². The van der Waals surface area contributed by atoms with Gasteiger partial charge >= 0.3 is 6.03 Å². The van der Waals surface area contributed by atoms with Crippen LogP contribution in [-0.2, 0) is 9.59 Å². The van der Waals surface area contributed by atoms with E-state index in [0.29, 0.717) is 11.4 Å². The first-order chi connectivity index (χ1) is 9.90. The molecule has 0 aliphatic rings. The SMILES string of the molecule is COc1cccc(NC(=O)CN(C)CC(=O)NC(N)=O)c1. The molecule has 0 spiro atoms. The molecule has 0 saturated heterocycles. The Morgan fingerprint density at radius 2 is 1.90 bits per heavy atom. The normalized spacial score (nSPS) is 10.0. The molecule has 0 atom stereocenters.